The van der Waals surface area contributed by atoms with Crippen molar-refractivity contribution in [1.82, 2.24) is 5.48 Å². The van der Waals surface area contributed by atoms with Gasteiger partial charge in [-0.15, -0.1) is 0 Å². The summed E-state index contributed by atoms with van der Waals surface area (Å²) < 4.78 is 4.97. The zero-order valence-corrected chi connectivity index (χ0v) is 9.46. The fraction of sp³-hybridized carbons (Fsp3) is 0.700. The molecule has 0 spiro atoms. The molecule has 1 atom stereocenters. The van der Waals surface area contributed by atoms with Crippen LogP contribution in [-0.4, -0.2) is 17.8 Å². The van der Waals surface area contributed by atoms with E-state index in [1.54, 1.807) is 20.8 Å². The molecule has 0 bridgehead atoms. The molecule has 4 nitrogen and oxygen atoms in total. The zero-order valence-electron chi connectivity index (χ0n) is 9.46. The lowest BCUT2D eigenvalue weighted by molar-refractivity contribution is -0.0223. The van der Waals surface area contributed by atoms with Crippen molar-refractivity contribution >= 4 is 6.09 Å². The Labute approximate surface area is 85.2 Å². The highest BCUT2D eigenvalue weighted by molar-refractivity contribution is 5.66. The maximum absolute atomic E-state index is 11.1. The molecule has 0 aromatic rings. The van der Waals surface area contributed by atoms with Crippen LogP contribution in [0.1, 0.15) is 34.6 Å². The van der Waals surface area contributed by atoms with Crippen molar-refractivity contribution in [3.63, 3.8) is 0 Å². The minimum atomic E-state index is -0.575. The van der Waals surface area contributed by atoms with Gasteiger partial charge in [0.15, 0.2) is 0 Å². The van der Waals surface area contributed by atoms with Gasteiger partial charge in [-0.1, -0.05) is 12.2 Å². The lowest BCUT2D eigenvalue weighted by Gasteiger charge is -2.20. The van der Waals surface area contributed by atoms with E-state index in [2.05, 4.69) is 5.48 Å². The van der Waals surface area contributed by atoms with Gasteiger partial charge in [0, 0.05) is 0 Å². The van der Waals surface area contributed by atoms with Gasteiger partial charge in [-0.2, -0.15) is 5.48 Å². The van der Waals surface area contributed by atoms with E-state index >= 15 is 0 Å². The standard InChI is InChI=1S/C10H19NO3/c1-6-7-8(2)14-11-9(12)13-10(3,4)5/h6-8H,1-5H3,(H,11,12)/b7-6+. The van der Waals surface area contributed by atoms with Gasteiger partial charge in [-0.05, 0) is 34.6 Å². The summed E-state index contributed by atoms with van der Waals surface area (Å²) in [6, 6.07) is 0. The largest absolute Gasteiger partial charge is 0.442 e. The summed E-state index contributed by atoms with van der Waals surface area (Å²) in [4.78, 5) is 16.1. The molecule has 0 aliphatic heterocycles. The van der Waals surface area contributed by atoms with Crippen LogP contribution in [0.3, 0.4) is 0 Å². The molecule has 14 heavy (non-hydrogen) atoms. The van der Waals surface area contributed by atoms with Gasteiger partial charge in [0.1, 0.15) is 11.7 Å². The average molecular weight is 201 g/mol. The summed E-state index contributed by atoms with van der Waals surface area (Å²) in [5, 5.41) is 0. The molecule has 0 fully saturated rings. The smallest absolute Gasteiger partial charge is 0.431 e. The maximum atomic E-state index is 11.1. The predicted molar refractivity (Wildman–Crippen MR) is 54.7 cm³/mol. The number of hydrogen-bond acceptors (Lipinski definition) is 3. The van der Waals surface area contributed by atoms with Crippen LogP contribution in [-0.2, 0) is 9.57 Å². The molecular weight excluding hydrogens is 182 g/mol. The van der Waals surface area contributed by atoms with Crippen molar-refractivity contribution < 1.29 is 14.4 Å². The molecule has 0 radical (unpaired) electrons. The Morgan fingerprint density at radius 3 is 2.43 bits per heavy atom. The fourth-order valence-corrected chi connectivity index (χ4v) is 0.750. The number of carbonyl (C=O) groups excluding carboxylic acids is 1. The van der Waals surface area contributed by atoms with Gasteiger partial charge in [0.2, 0.25) is 0 Å². The Bertz CT molecular complexity index is 206. The first kappa shape index (κ1) is 13.0. The van der Waals surface area contributed by atoms with Crippen molar-refractivity contribution in [2.45, 2.75) is 46.3 Å². The molecule has 0 aromatic heterocycles. The van der Waals surface area contributed by atoms with Gasteiger partial charge in [0.25, 0.3) is 0 Å². The molecule has 0 rings (SSSR count). The Kier molecular flexibility index (Phi) is 5.23. The first-order valence-corrected chi connectivity index (χ1v) is 4.62. The molecule has 0 saturated carbocycles. The topological polar surface area (TPSA) is 47.6 Å². The summed E-state index contributed by atoms with van der Waals surface area (Å²) >= 11 is 0. The van der Waals surface area contributed by atoms with Gasteiger partial charge in [-0.3, -0.25) is 4.84 Å². The number of carbonyl (C=O) groups is 1. The van der Waals surface area contributed by atoms with Gasteiger partial charge in [0.05, 0.1) is 0 Å². The van der Waals surface area contributed by atoms with E-state index in [9.17, 15) is 4.79 Å². The van der Waals surface area contributed by atoms with Crippen LogP contribution in [0, 0.1) is 0 Å². The number of allylic oxidation sites excluding steroid dienone is 1. The maximum Gasteiger partial charge on any atom is 0.431 e. The summed E-state index contributed by atoms with van der Waals surface area (Å²) in [7, 11) is 0. The molecule has 4 heteroatoms. The quantitative estimate of drug-likeness (QED) is 0.563. The van der Waals surface area contributed by atoms with Crippen molar-refractivity contribution in [3.05, 3.63) is 12.2 Å². The van der Waals surface area contributed by atoms with Crippen LogP contribution >= 0.6 is 0 Å². The number of hydroxylamine groups is 1. The van der Waals surface area contributed by atoms with Crippen molar-refractivity contribution in [2.75, 3.05) is 0 Å². The van der Waals surface area contributed by atoms with Crippen molar-refractivity contribution in [3.8, 4) is 0 Å². The van der Waals surface area contributed by atoms with E-state index in [0.717, 1.165) is 0 Å². The van der Waals surface area contributed by atoms with Crippen LogP contribution in [0.2, 0.25) is 0 Å². The van der Waals surface area contributed by atoms with E-state index in [1.807, 2.05) is 26.0 Å². The van der Waals surface area contributed by atoms with Crippen LogP contribution in [0.4, 0.5) is 4.79 Å². The number of rotatable bonds is 3. The average Bonchev–Trinajstić information content (AvgIpc) is 1.98. The number of ether oxygens (including phenoxy) is 1. The lowest BCUT2D eigenvalue weighted by atomic mass is 10.2. The molecule has 0 aliphatic carbocycles. The summed E-state index contributed by atoms with van der Waals surface area (Å²) in [6.45, 7) is 9.08. The van der Waals surface area contributed by atoms with Crippen LogP contribution in [0.15, 0.2) is 12.2 Å². The van der Waals surface area contributed by atoms with Gasteiger partial charge in [-0.25, -0.2) is 4.79 Å². The third kappa shape index (κ3) is 7.61. The second kappa shape index (κ2) is 5.65. The second-order valence-corrected chi connectivity index (χ2v) is 3.95. The molecule has 82 valence electrons. The highest BCUT2D eigenvalue weighted by atomic mass is 16.7. The molecule has 0 heterocycles. The first-order valence-electron chi connectivity index (χ1n) is 4.62. The highest BCUT2D eigenvalue weighted by Crippen LogP contribution is 2.06. The SMILES string of the molecule is C/C=C/C(C)ONC(=O)OC(C)(C)C. The van der Waals surface area contributed by atoms with Crippen LogP contribution in [0.25, 0.3) is 0 Å². The van der Waals surface area contributed by atoms with E-state index in [-0.39, 0.29) is 6.10 Å². The fourth-order valence-electron chi connectivity index (χ4n) is 0.750. The molecular formula is C10H19NO3. The molecule has 0 aliphatic rings. The summed E-state index contributed by atoms with van der Waals surface area (Å²) in [5.41, 5.74) is 1.71. The van der Waals surface area contributed by atoms with Gasteiger partial charge < -0.3 is 4.74 Å². The van der Waals surface area contributed by atoms with Crippen molar-refractivity contribution in [2.24, 2.45) is 0 Å². The van der Waals surface area contributed by atoms with Crippen LogP contribution in [0.5, 0.6) is 0 Å². The van der Waals surface area contributed by atoms with E-state index in [4.69, 9.17) is 9.57 Å². The third-order valence-corrected chi connectivity index (χ3v) is 1.19. The minimum Gasteiger partial charge on any atom is -0.442 e. The Balaban J connectivity index is 3.75. The van der Waals surface area contributed by atoms with Crippen molar-refractivity contribution in [1.29, 1.82) is 0 Å². The molecule has 1 N–H and O–H groups in total. The Morgan fingerprint density at radius 2 is 2.00 bits per heavy atom. The van der Waals surface area contributed by atoms with E-state index < -0.39 is 11.7 Å². The second-order valence-electron chi connectivity index (χ2n) is 3.95. The van der Waals surface area contributed by atoms with Crippen LogP contribution < -0.4 is 5.48 Å². The number of hydrogen-bond donors (Lipinski definition) is 1. The van der Waals surface area contributed by atoms with E-state index in [1.165, 1.54) is 0 Å². The lowest BCUT2D eigenvalue weighted by Crippen LogP contribution is -2.34. The predicted octanol–water partition coefficient (Wildman–Crippen LogP) is 2.41. The summed E-state index contributed by atoms with van der Waals surface area (Å²) in [5.74, 6) is 0. The molecule has 0 aromatic carbocycles. The number of amides is 1. The van der Waals surface area contributed by atoms with E-state index in [0.29, 0.717) is 0 Å². The Hall–Kier alpha value is -1.03. The molecule has 1 unspecified atom stereocenters. The summed E-state index contributed by atoms with van der Waals surface area (Å²) in [6.07, 6.45) is 2.93. The number of nitrogens with one attached hydrogen (secondary N) is 1. The monoisotopic (exact) mass is 201 g/mol. The third-order valence-electron chi connectivity index (χ3n) is 1.19. The highest BCUT2D eigenvalue weighted by Gasteiger charge is 2.16. The Morgan fingerprint density at radius 1 is 1.43 bits per heavy atom. The molecule has 1 amide bonds. The molecule has 0 saturated heterocycles. The van der Waals surface area contributed by atoms with Gasteiger partial charge >= 0.3 is 6.09 Å². The normalized spacial score (nSPS) is 14.1. The minimum absolute atomic E-state index is 0.160. The first-order chi connectivity index (χ1) is 6.35. The zero-order chi connectivity index (χ0) is 11.2.